The molecule has 0 saturated heterocycles. The Kier molecular flexibility index (Phi) is 4.09. The lowest BCUT2D eigenvalue weighted by Crippen LogP contribution is -2.30. The first-order chi connectivity index (χ1) is 16.6. The Morgan fingerprint density at radius 1 is 0.556 bits per heavy atom. The van der Waals surface area contributed by atoms with E-state index >= 15 is 0 Å². The highest BCUT2D eigenvalue weighted by atomic mass is 32.2. The van der Waals surface area contributed by atoms with Crippen molar-refractivity contribution >= 4 is 20.2 Å². The summed E-state index contributed by atoms with van der Waals surface area (Å²) in [5, 5.41) is 0. The van der Waals surface area contributed by atoms with Gasteiger partial charge in [0.2, 0.25) is 0 Å². The molecule has 0 radical (unpaired) electrons. The summed E-state index contributed by atoms with van der Waals surface area (Å²) in [7, 11) is -12.1. The molecule has 6 aliphatic rings. The van der Waals surface area contributed by atoms with Crippen molar-refractivity contribution in [3.05, 3.63) is 22.3 Å². The predicted octanol–water partition coefficient (Wildman–Crippen LogP) is 5.65. The molecule has 1 aromatic carbocycles. The fraction of sp³-hybridized carbons (Fsp3) is 0.727. The van der Waals surface area contributed by atoms with Gasteiger partial charge in [0.25, 0.3) is 0 Å². The minimum atomic E-state index is -6.07. The summed E-state index contributed by atoms with van der Waals surface area (Å²) in [6, 6.07) is 0. The Bertz CT molecular complexity index is 1270. The predicted molar refractivity (Wildman–Crippen MR) is 110 cm³/mol. The van der Waals surface area contributed by atoms with E-state index in [1.165, 1.54) is 0 Å². The monoisotopic (exact) mass is 558 g/mol. The number of halogens is 6. The molecule has 14 heteroatoms. The van der Waals surface area contributed by atoms with Crippen LogP contribution in [0.15, 0.2) is 0 Å². The first-order valence-corrected chi connectivity index (χ1v) is 14.6. The molecule has 36 heavy (non-hydrogen) atoms. The van der Waals surface area contributed by atoms with Gasteiger partial charge in [-0.2, -0.15) is 43.2 Å². The van der Waals surface area contributed by atoms with Crippen LogP contribution >= 0.6 is 0 Å². The second-order valence-electron chi connectivity index (χ2n) is 11.1. The van der Waals surface area contributed by atoms with Crippen LogP contribution in [-0.2, 0) is 20.2 Å². The van der Waals surface area contributed by atoms with E-state index in [2.05, 4.69) is 0 Å². The maximum Gasteiger partial charge on any atom is 0.534 e. The molecular weight excluding hydrogens is 538 g/mol. The van der Waals surface area contributed by atoms with Crippen molar-refractivity contribution in [2.24, 2.45) is 10.8 Å². The van der Waals surface area contributed by atoms with Crippen LogP contribution in [0.3, 0.4) is 0 Å². The smallest absolute Gasteiger partial charge is 0.375 e. The van der Waals surface area contributed by atoms with Crippen LogP contribution < -0.4 is 8.37 Å². The van der Waals surface area contributed by atoms with Crippen molar-refractivity contribution < 1.29 is 51.5 Å². The van der Waals surface area contributed by atoms with Crippen molar-refractivity contribution in [2.45, 2.75) is 86.1 Å². The third-order valence-electron chi connectivity index (χ3n) is 9.82. The summed E-state index contributed by atoms with van der Waals surface area (Å²) in [4.78, 5) is 0. The SMILES string of the molecule is O=S(=O)(Oc1c2c(c(OS(=O)(=O)C(F)(F)F)c3c1[C@H]1CC[C@@H]3C13CC3)[C@@H]1CC[C@H]2C12CC2)C(F)(F)F. The third-order valence-corrected chi connectivity index (χ3v) is 11.7. The average molecular weight is 559 g/mol. The maximum atomic E-state index is 13.4. The second-order valence-corrected chi connectivity index (χ2v) is 14.2. The number of hydrogen-bond donors (Lipinski definition) is 0. The molecule has 4 bridgehead atoms. The summed E-state index contributed by atoms with van der Waals surface area (Å²) >= 11 is 0. The average Bonchev–Trinajstić information content (AvgIpc) is 3.60. The van der Waals surface area contributed by atoms with Gasteiger partial charge < -0.3 is 8.37 Å². The molecule has 4 fully saturated rings. The molecule has 7 rings (SSSR count). The molecule has 0 N–H and O–H groups in total. The highest BCUT2D eigenvalue weighted by molar-refractivity contribution is 7.88. The fourth-order valence-electron chi connectivity index (χ4n) is 8.37. The Balaban J connectivity index is 1.53. The van der Waals surface area contributed by atoms with E-state index in [0.29, 0.717) is 51.4 Å². The lowest BCUT2D eigenvalue weighted by molar-refractivity contribution is -0.0506. The van der Waals surface area contributed by atoms with Crippen molar-refractivity contribution in [1.82, 2.24) is 0 Å². The van der Waals surface area contributed by atoms with Crippen LogP contribution in [0.4, 0.5) is 26.3 Å². The van der Waals surface area contributed by atoms with Crippen LogP contribution in [0, 0.1) is 10.8 Å². The van der Waals surface area contributed by atoms with Crippen LogP contribution in [-0.4, -0.2) is 27.9 Å². The van der Waals surface area contributed by atoms with E-state index in [0.717, 1.165) is 0 Å². The van der Waals surface area contributed by atoms with E-state index in [-0.39, 0.29) is 22.3 Å². The summed E-state index contributed by atoms with van der Waals surface area (Å²) in [6.07, 6.45) is 4.66. The maximum absolute atomic E-state index is 13.4. The van der Waals surface area contributed by atoms with Crippen molar-refractivity contribution in [3.63, 3.8) is 0 Å². The van der Waals surface area contributed by atoms with Crippen LogP contribution in [0.2, 0.25) is 0 Å². The molecule has 0 aromatic heterocycles. The van der Waals surface area contributed by atoms with Gasteiger partial charge in [0.05, 0.1) is 0 Å². The first kappa shape index (κ1) is 23.4. The largest absolute Gasteiger partial charge is 0.534 e. The van der Waals surface area contributed by atoms with Gasteiger partial charge in [-0.3, -0.25) is 0 Å². The lowest BCUT2D eigenvalue weighted by atomic mass is 9.81. The highest BCUT2D eigenvalue weighted by Crippen LogP contribution is 2.83. The Labute approximate surface area is 202 Å². The standard InChI is InChI=1S/C22H20F6O6S2/c23-21(24,25)35(29,30)33-17-13-9-1-2-10(19(9)5-6-19)14(13)18(34-36(31,32)22(26,27)28)16-12-4-3-11(15(16)17)20(12)7-8-20/h9-12H,1-8H2/t9-,10+,11-,12+. The molecule has 0 amide bonds. The van der Waals surface area contributed by atoms with Crippen molar-refractivity contribution in [1.29, 1.82) is 0 Å². The van der Waals surface area contributed by atoms with Gasteiger partial charge in [-0.15, -0.1) is 0 Å². The quantitative estimate of drug-likeness (QED) is 0.270. The van der Waals surface area contributed by atoms with Crippen molar-refractivity contribution in [3.8, 4) is 11.5 Å². The number of fused-ring (bicyclic) bond motifs is 6. The topological polar surface area (TPSA) is 86.7 Å². The fourth-order valence-corrected chi connectivity index (χ4v) is 9.36. The Morgan fingerprint density at radius 3 is 1.00 bits per heavy atom. The van der Waals surface area contributed by atoms with Crippen LogP contribution in [0.5, 0.6) is 11.5 Å². The van der Waals surface area contributed by atoms with Gasteiger partial charge in [-0.05, 0) is 85.9 Å². The zero-order valence-corrected chi connectivity index (χ0v) is 20.1. The van der Waals surface area contributed by atoms with E-state index in [1.807, 2.05) is 0 Å². The number of benzene rings is 1. The molecule has 198 valence electrons. The molecular formula is C22H20F6O6S2. The van der Waals surface area contributed by atoms with Gasteiger partial charge in [-0.1, -0.05) is 0 Å². The first-order valence-electron chi connectivity index (χ1n) is 11.8. The highest BCUT2D eigenvalue weighted by Gasteiger charge is 2.71. The summed E-state index contributed by atoms with van der Waals surface area (Å²) in [6.45, 7) is 0. The third kappa shape index (κ3) is 2.60. The zero-order valence-electron chi connectivity index (χ0n) is 18.5. The number of rotatable bonds is 4. The summed E-state index contributed by atoms with van der Waals surface area (Å²) < 4.78 is 139. The molecule has 2 spiro atoms. The Hall–Kier alpha value is -1.70. The van der Waals surface area contributed by atoms with E-state index in [4.69, 9.17) is 8.37 Å². The molecule has 0 aliphatic heterocycles. The molecule has 4 saturated carbocycles. The van der Waals surface area contributed by atoms with E-state index in [9.17, 15) is 43.2 Å². The number of hydrogen-bond acceptors (Lipinski definition) is 6. The molecule has 6 nitrogen and oxygen atoms in total. The molecule has 6 aliphatic carbocycles. The summed E-state index contributed by atoms with van der Waals surface area (Å²) in [5.41, 5.74) is -11.9. The van der Waals surface area contributed by atoms with Crippen molar-refractivity contribution in [2.75, 3.05) is 0 Å². The minimum Gasteiger partial charge on any atom is -0.375 e. The van der Waals surface area contributed by atoms with E-state index in [1.54, 1.807) is 0 Å². The van der Waals surface area contributed by atoms with Crippen LogP contribution in [0.1, 0.15) is 97.3 Å². The van der Waals surface area contributed by atoms with Crippen LogP contribution in [0.25, 0.3) is 0 Å². The Morgan fingerprint density at radius 2 is 0.806 bits per heavy atom. The van der Waals surface area contributed by atoms with Gasteiger partial charge in [0.15, 0.2) is 11.5 Å². The van der Waals surface area contributed by atoms with Gasteiger partial charge in [0, 0.05) is 22.3 Å². The lowest BCUT2D eigenvalue weighted by Gasteiger charge is -2.29. The summed E-state index contributed by atoms with van der Waals surface area (Å²) in [5.74, 6) is -2.58. The molecule has 4 atom stereocenters. The molecule has 0 unspecified atom stereocenters. The normalized spacial score (nSPS) is 32.2. The zero-order chi connectivity index (χ0) is 25.8. The molecule has 0 heterocycles. The van der Waals surface area contributed by atoms with Gasteiger partial charge >= 0.3 is 31.3 Å². The van der Waals surface area contributed by atoms with Gasteiger partial charge in [-0.25, -0.2) is 0 Å². The molecule has 1 aromatic rings. The van der Waals surface area contributed by atoms with E-state index < -0.39 is 77.3 Å². The number of alkyl halides is 6. The van der Waals surface area contributed by atoms with Gasteiger partial charge in [0.1, 0.15) is 0 Å². The minimum absolute atomic E-state index is 0.103. The second kappa shape index (κ2) is 6.29.